The zero-order valence-corrected chi connectivity index (χ0v) is 23.3. The third-order valence-corrected chi connectivity index (χ3v) is 5.39. The number of aromatic nitrogens is 2. The van der Waals surface area contributed by atoms with E-state index in [4.69, 9.17) is 9.84 Å². The van der Waals surface area contributed by atoms with Crippen LogP contribution in [0.1, 0.15) is 32.0 Å². The van der Waals surface area contributed by atoms with Gasteiger partial charge in [-0.25, -0.2) is 9.48 Å². The van der Waals surface area contributed by atoms with E-state index in [0.29, 0.717) is 5.82 Å². The first-order chi connectivity index (χ1) is 15.4. The molecule has 1 radical (unpaired) electrons. The molecule has 0 aliphatic carbocycles. The quantitative estimate of drug-likeness (QED) is 0.456. The number of carbonyl (C=O) groups excluding carboxylic acids is 1. The van der Waals surface area contributed by atoms with Gasteiger partial charge in [0.05, 0.1) is 18.9 Å². The minimum absolute atomic E-state index is 0. The van der Waals surface area contributed by atoms with E-state index in [1.807, 2.05) is 54.6 Å². The van der Waals surface area contributed by atoms with Crippen LogP contribution in [-0.4, -0.2) is 47.0 Å². The van der Waals surface area contributed by atoms with Gasteiger partial charge in [-0.15, -0.1) is 12.1 Å². The van der Waals surface area contributed by atoms with Gasteiger partial charge >= 0.3 is 6.03 Å². The van der Waals surface area contributed by atoms with E-state index >= 15 is 0 Å². The summed E-state index contributed by atoms with van der Waals surface area (Å²) >= 11 is 0. The SMILES string of the molecule is CC(C)(C)c1cc(NC(=O)Nc2ccc(CN3CCOCC3)cc2)n(-c2cc[c-]cc2)n1.[CH3-].[Y]. The molecule has 0 unspecified atom stereocenters. The monoisotopic (exact) mass is 536 g/mol. The fourth-order valence-corrected chi connectivity index (χ4v) is 3.54. The first kappa shape index (κ1) is 28.2. The van der Waals surface area contributed by atoms with Gasteiger partial charge in [0.2, 0.25) is 0 Å². The van der Waals surface area contributed by atoms with Gasteiger partial charge in [-0.3, -0.25) is 10.2 Å². The minimum Gasteiger partial charge on any atom is -0.379 e. The molecule has 1 aromatic heterocycles. The molecule has 4 rings (SSSR count). The number of carbonyl (C=O) groups is 1. The molecule has 0 atom stereocenters. The summed E-state index contributed by atoms with van der Waals surface area (Å²) in [6.45, 7) is 10.7. The van der Waals surface area contributed by atoms with Crippen LogP contribution in [0.4, 0.5) is 16.3 Å². The Bertz CT molecular complexity index is 1040. The summed E-state index contributed by atoms with van der Waals surface area (Å²) in [6.07, 6.45) is 0. The summed E-state index contributed by atoms with van der Waals surface area (Å²) in [7, 11) is 0. The van der Waals surface area contributed by atoms with Crippen molar-refractivity contribution in [1.29, 1.82) is 0 Å². The number of anilines is 2. The van der Waals surface area contributed by atoms with E-state index in [0.717, 1.165) is 49.9 Å². The van der Waals surface area contributed by atoms with E-state index in [1.54, 1.807) is 4.68 Å². The number of benzene rings is 2. The van der Waals surface area contributed by atoms with Gasteiger partial charge in [0, 0.05) is 69.5 Å². The molecule has 2 N–H and O–H groups in total. The zero-order valence-electron chi connectivity index (χ0n) is 20.5. The van der Waals surface area contributed by atoms with Crippen LogP contribution in [0.15, 0.2) is 54.6 Å². The number of ether oxygens (including phenoxy) is 1. The van der Waals surface area contributed by atoms with Crippen molar-refractivity contribution in [3.05, 3.63) is 79.3 Å². The summed E-state index contributed by atoms with van der Waals surface area (Å²) in [5, 5.41) is 10.6. The fourth-order valence-electron chi connectivity index (χ4n) is 3.54. The molecule has 0 saturated carbocycles. The summed E-state index contributed by atoms with van der Waals surface area (Å²) in [6, 6.07) is 20.1. The molecule has 2 heterocycles. The standard InChI is InChI=1S/C25H30N5O2.CH3.Y/c1-25(2,3)22-17-23(30(28-22)21-7-5-4-6-8-21)27-24(31)26-20-11-9-19(10-12-20)18-29-13-15-32-16-14-29;;/h5-12,17H,13-16,18H2,1-3H3,(H2,26,27,31);1H3;/q2*-1;. The third-order valence-electron chi connectivity index (χ3n) is 5.39. The van der Waals surface area contributed by atoms with Crippen LogP contribution in [0, 0.1) is 13.5 Å². The molecule has 0 spiro atoms. The molecule has 3 aromatic rings. The molecule has 2 aromatic carbocycles. The number of morpholine rings is 1. The summed E-state index contributed by atoms with van der Waals surface area (Å²) in [5.41, 5.74) is 3.57. The Balaban J connectivity index is 0.00000204. The molecule has 0 bridgehead atoms. The van der Waals surface area contributed by atoms with Crippen LogP contribution in [0.25, 0.3) is 5.69 Å². The second-order valence-corrected chi connectivity index (χ2v) is 9.00. The molecule has 8 heteroatoms. The number of urea groups is 1. The predicted molar refractivity (Wildman–Crippen MR) is 133 cm³/mol. The normalized spacial score (nSPS) is 14.0. The number of hydrogen-bond donors (Lipinski definition) is 2. The summed E-state index contributed by atoms with van der Waals surface area (Å²) in [5.74, 6) is 0.613. The Morgan fingerprint density at radius 1 is 1.06 bits per heavy atom. The van der Waals surface area contributed by atoms with Crippen LogP contribution < -0.4 is 10.6 Å². The van der Waals surface area contributed by atoms with Crippen molar-refractivity contribution in [2.45, 2.75) is 32.7 Å². The Morgan fingerprint density at radius 3 is 2.32 bits per heavy atom. The maximum atomic E-state index is 12.7. The van der Waals surface area contributed by atoms with Gasteiger partial charge in [0.15, 0.2) is 0 Å². The molecule has 34 heavy (non-hydrogen) atoms. The van der Waals surface area contributed by atoms with Crippen molar-refractivity contribution in [2.24, 2.45) is 0 Å². The predicted octanol–water partition coefficient (Wildman–Crippen LogP) is 4.89. The maximum absolute atomic E-state index is 12.7. The summed E-state index contributed by atoms with van der Waals surface area (Å²) in [4.78, 5) is 15.1. The Morgan fingerprint density at radius 2 is 1.71 bits per heavy atom. The Hall–Kier alpha value is -2.06. The van der Waals surface area contributed by atoms with E-state index in [-0.39, 0.29) is 51.6 Å². The Kier molecular flexibility index (Phi) is 10.4. The fraction of sp³-hybridized carbons (Fsp3) is 0.346. The van der Waals surface area contributed by atoms with E-state index in [2.05, 4.69) is 42.4 Å². The van der Waals surface area contributed by atoms with Crippen LogP contribution in [0.2, 0.25) is 0 Å². The van der Waals surface area contributed by atoms with Crippen LogP contribution in [0.3, 0.4) is 0 Å². The Labute approximate surface area is 228 Å². The molecule has 1 aliphatic heterocycles. The molecule has 1 saturated heterocycles. The van der Waals surface area contributed by atoms with Gasteiger partial charge in [-0.05, 0) is 23.4 Å². The first-order valence-electron chi connectivity index (χ1n) is 10.9. The number of amides is 2. The smallest absolute Gasteiger partial charge is 0.324 e. The van der Waals surface area contributed by atoms with Crippen LogP contribution >= 0.6 is 0 Å². The average Bonchev–Trinajstić information content (AvgIpc) is 3.21. The molecule has 1 aliphatic rings. The van der Waals surface area contributed by atoms with E-state index < -0.39 is 0 Å². The van der Waals surface area contributed by atoms with Crippen molar-refractivity contribution in [1.82, 2.24) is 14.7 Å². The molecule has 2 amide bonds. The van der Waals surface area contributed by atoms with Gasteiger partial charge in [0.25, 0.3) is 0 Å². The van der Waals surface area contributed by atoms with E-state index in [9.17, 15) is 4.79 Å². The van der Waals surface area contributed by atoms with E-state index in [1.165, 1.54) is 5.56 Å². The molecule has 7 nitrogen and oxygen atoms in total. The van der Waals surface area contributed by atoms with Gasteiger partial charge in [-0.1, -0.05) is 32.9 Å². The molecule has 179 valence electrons. The van der Waals surface area contributed by atoms with Gasteiger partial charge < -0.3 is 17.5 Å². The van der Waals surface area contributed by atoms with Crippen molar-refractivity contribution >= 4 is 17.5 Å². The third kappa shape index (κ3) is 7.47. The second-order valence-electron chi connectivity index (χ2n) is 9.00. The number of nitrogens with zero attached hydrogens (tertiary/aromatic N) is 3. The summed E-state index contributed by atoms with van der Waals surface area (Å²) < 4.78 is 7.15. The first-order valence-corrected chi connectivity index (χ1v) is 10.9. The largest absolute Gasteiger partial charge is 0.379 e. The molecule has 1 fully saturated rings. The average molecular weight is 536 g/mol. The van der Waals surface area contributed by atoms with Gasteiger partial charge in [0.1, 0.15) is 5.82 Å². The second kappa shape index (κ2) is 12.6. The van der Waals surface area contributed by atoms with Crippen molar-refractivity contribution in [3.8, 4) is 5.69 Å². The maximum Gasteiger partial charge on any atom is 0.324 e. The molecular formula is C26H33N5O2Y-2. The molecular weight excluding hydrogens is 503 g/mol. The van der Waals surface area contributed by atoms with Crippen molar-refractivity contribution in [3.63, 3.8) is 0 Å². The zero-order chi connectivity index (χ0) is 22.6. The van der Waals surface area contributed by atoms with Gasteiger partial charge in [-0.2, -0.15) is 23.3 Å². The minimum atomic E-state index is -0.310. The van der Waals surface area contributed by atoms with Crippen LogP contribution in [-0.2, 0) is 49.4 Å². The van der Waals surface area contributed by atoms with Crippen LogP contribution in [0.5, 0.6) is 0 Å². The topological polar surface area (TPSA) is 71.4 Å². The number of hydrogen-bond acceptors (Lipinski definition) is 4. The van der Waals surface area contributed by atoms with Crippen molar-refractivity contribution in [2.75, 3.05) is 36.9 Å². The number of rotatable bonds is 5. The van der Waals surface area contributed by atoms with Crippen molar-refractivity contribution < 1.29 is 42.2 Å². The number of nitrogens with one attached hydrogen (secondary N) is 2.